The summed E-state index contributed by atoms with van der Waals surface area (Å²) >= 11 is 5.01. The fourth-order valence-electron chi connectivity index (χ4n) is 2.84. The molecule has 0 unspecified atom stereocenters. The lowest BCUT2D eigenvalue weighted by molar-refractivity contribution is 0.0735. The highest BCUT2D eigenvalue weighted by Gasteiger charge is 2.18. The van der Waals surface area contributed by atoms with E-state index in [0.29, 0.717) is 11.3 Å². The number of aromatic nitrogens is 1. The van der Waals surface area contributed by atoms with Crippen LogP contribution < -0.4 is 9.64 Å². The second kappa shape index (κ2) is 7.34. The number of rotatable bonds is 3. The average molecular weight is 432 g/mol. The van der Waals surface area contributed by atoms with Gasteiger partial charge in [0.2, 0.25) is 0 Å². The maximum atomic E-state index is 12.3. The number of halogens is 1. The van der Waals surface area contributed by atoms with E-state index < -0.39 is 0 Å². The van der Waals surface area contributed by atoms with E-state index >= 15 is 0 Å². The maximum Gasteiger partial charge on any atom is 0.343 e. The molecule has 0 N–H and O–H groups in total. The van der Waals surface area contributed by atoms with Crippen molar-refractivity contribution in [3.63, 3.8) is 0 Å². The molecule has 0 saturated carbocycles. The molecule has 26 heavy (non-hydrogen) atoms. The number of carbonyl (C=O) groups excluding carboxylic acids is 1. The van der Waals surface area contributed by atoms with Crippen molar-refractivity contribution >= 4 is 48.6 Å². The lowest BCUT2D eigenvalue weighted by Gasteiger charge is -2.31. The number of ether oxygens (including phenoxy) is 1. The van der Waals surface area contributed by atoms with Gasteiger partial charge in [0, 0.05) is 36.7 Å². The van der Waals surface area contributed by atoms with Gasteiger partial charge in [-0.1, -0.05) is 27.3 Å². The van der Waals surface area contributed by atoms with Crippen LogP contribution in [0.25, 0.3) is 10.2 Å². The number of nitrogens with zero attached hydrogens (tertiary/aromatic N) is 3. The SMILES string of the molecule is CN1CCN(c2nc3ccc(OC(=O)c4ccc(Br)cc4)cc3s2)CC1. The van der Waals surface area contributed by atoms with E-state index in [2.05, 4.69) is 32.8 Å². The molecule has 0 atom stereocenters. The van der Waals surface area contributed by atoms with E-state index in [-0.39, 0.29) is 5.97 Å². The Balaban J connectivity index is 1.52. The molecule has 0 radical (unpaired) electrons. The maximum absolute atomic E-state index is 12.3. The molecular weight excluding hydrogens is 414 g/mol. The molecule has 5 nitrogen and oxygen atoms in total. The minimum Gasteiger partial charge on any atom is -0.423 e. The van der Waals surface area contributed by atoms with E-state index in [1.54, 1.807) is 29.5 Å². The van der Waals surface area contributed by atoms with Crippen LogP contribution in [0, 0.1) is 0 Å². The number of thiazole rings is 1. The third-order valence-corrected chi connectivity index (χ3v) is 6.02. The Morgan fingerprint density at radius 2 is 1.85 bits per heavy atom. The van der Waals surface area contributed by atoms with Crippen molar-refractivity contribution in [1.29, 1.82) is 0 Å². The number of fused-ring (bicyclic) bond motifs is 1. The zero-order valence-corrected chi connectivity index (χ0v) is 16.7. The number of benzene rings is 2. The molecule has 0 aliphatic carbocycles. The summed E-state index contributed by atoms with van der Waals surface area (Å²) in [6.45, 7) is 4.07. The topological polar surface area (TPSA) is 45.7 Å². The number of esters is 1. The quantitative estimate of drug-likeness (QED) is 0.462. The minimum atomic E-state index is -0.361. The van der Waals surface area contributed by atoms with Crippen LogP contribution in [-0.4, -0.2) is 49.1 Å². The molecule has 0 bridgehead atoms. The molecule has 1 aliphatic heterocycles. The van der Waals surface area contributed by atoms with Crippen molar-refractivity contribution in [3.05, 3.63) is 52.5 Å². The molecule has 0 spiro atoms. The van der Waals surface area contributed by atoms with Gasteiger partial charge in [-0.15, -0.1) is 0 Å². The molecule has 1 aliphatic rings. The molecule has 1 aromatic heterocycles. The zero-order valence-electron chi connectivity index (χ0n) is 14.3. The Labute approximate surface area is 164 Å². The van der Waals surface area contributed by atoms with Gasteiger partial charge in [0.15, 0.2) is 5.13 Å². The van der Waals surface area contributed by atoms with Crippen LogP contribution in [-0.2, 0) is 0 Å². The summed E-state index contributed by atoms with van der Waals surface area (Å²) in [5.41, 5.74) is 1.46. The van der Waals surface area contributed by atoms with Crippen molar-refractivity contribution in [3.8, 4) is 5.75 Å². The summed E-state index contributed by atoms with van der Waals surface area (Å²) in [4.78, 5) is 21.7. The highest BCUT2D eigenvalue weighted by Crippen LogP contribution is 2.32. The lowest BCUT2D eigenvalue weighted by Crippen LogP contribution is -2.44. The Hall–Kier alpha value is -1.96. The van der Waals surface area contributed by atoms with Crippen LogP contribution in [0.15, 0.2) is 46.9 Å². The van der Waals surface area contributed by atoms with Crippen LogP contribution in [0.1, 0.15) is 10.4 Å². The molecule has 2 aromatic carbocycles. The first-order valence-electron chi connectivity index (χ1n) is 8.40. The number of piperazine rings is 1. The summed E-state index contributed by atoms with van der Waals surface area (Å²) in [5, 5.41) is 1.03. The van der Waals surface area contributed by atoms with Gasteiger partial charge in [-0.2, -0.15) is 0 Å². The van der Waals surface area contributed by atoms with Crippen LogP contribution in [0.4, 0.5) is 5.13 Å². The Kier molecular flexibility index (Phi) is 4.93. The van der Waals surface area contributed by atoms with Gasteiger partial charge in [0.05, 0.1) is 15.8 Å². The van der Waals surface area contributed by atoms with Crippen molar-refractivity contribution in [2.45, 2.75) is 0 Å². The van der Waals surface area contributed by atoms with Gasteiger partial charge in [-0.25, -0.2) is 9.78 Å². The van der Waals surface area contributed by atoms with E-state index in [0.717, 1.165) is 46.0 Å². The van der Waals surface area contributed by atoms with Gasteiger partial charge >= 0.3 is 5.97 Å². The third kappa shape index (κ3) is 3.75. The highest BCUT2D eigenvalue weighted by atomic mass is 79.9. The number of hydrogen-bond acceptors (Lipinski definition) is 6. The number of carbonyl (C=O) groups is 1. The van der Waals surface area contributed by atoms with Gasteiger partial charge in [-0.3, -0.25) is 0 Å². The van der Waals surface area contributed by atoms with Gasteiger partial charge in [0.25, 0.3) is 0 Å². The largest absolute Gasteiger partial charge is 0.423 e. The van der Waals surface area contributed by atoms with Gasteiger partial charge < -0.3 is 14.5 Å². The standard InChI is InChI=1S/C19H18BrN3O2S/c1-22-8-10-23(11-9-22)19-21-16-7-6-15(12-17(16)26-19)25-18(24)13-2-4-14(20)5-3-13/h2-7,12H,8-11H2,1H3. The second-order valence-corrected chi connectivity index (χ2v) is 8.24. The van der Waals surface area contributed by atoms with E-state index in [1.807, 2.05) is 24.3 Å². The number of anilines is 1. The molecule has 4 rings (SSSR count). The highest BCUT2D eigenvalue weighted by molar-refractivity contribution is 9.10. The molecule has 3 aromatic rings. The molecule has 134 valence electrons. The smallest absolute Gasteiger partial charge is 0.343 e. The van der Waals surface area contributed by atoms with E-state index in [1.165, 1.54) is 0 Å². The monoisotopic (exact) mass is 431 g/mol. The predicted octanol–water partition coefficient (Wildman–Crippen LogP) is 4.03. The first-order valence-corrected chi connectivity index (χ1v) is 10.0. The summed E-state index contributed by atoms with van der Waals surface area (Å²) in [5.74, 6) is 0.180. The number of likely N-dealkylation sites (N-methyl/N-ethyl adjacent to an activating group) is 1. The van der Waals surface area contributed by atoms with Crippen molar-refractivity contribution in [2.75, 3.05) is 38.1 Å². The van der Waals surface area contributed by atoms with Crippen LogP contribution in [0.2, 0.25) is 0 Å². The third-order valence-electron chi connectivity index (χ3n) is 4.41. The van der Waals surface area contributed by atoms with E-state index in [4.69, 9.17) is 9.72 Å². The zero-order chi connectivity index (χ0) is 18.1. The fourth-order valence-corrected chi connectivity index (χ4v) is 4.15. The molecule has 2 heterocycles. The van der Waals surface area contributed by atoms with Crippen molar-refractivity contribution < 1.29 is 9.53 Å². The van der Waals surface area contributed by atoms with Crippen molar-refractivity contribution in [2.24, 2.45) is 0 Å². The van der Waals surface area contributed by atoms with Crippen LogP contribution in [0.3, 0.4) is 0 Å². The minimum absolute atomic E-state index is 0.361. The molecule has 0 amide bonds. The Morgan fingerprint density at radius 3 is 2.58 bits per heavy atom. The van der Waals surface area contributed by atoms with Gasteiger partial charge in [-0.05, 0) is 43.4 Å². The fraction of sp³-hybridized carbons (Fsp3) is 0.263. The normalized spacial score (nSPS) is 15.4. The average Bonchev–Trinajstić information content (AvgIpc) is 3.06. The summed E-state index contributed by atoms with van der Waals surface area (Å²) in [7, 11) is 2.14. The van der Waals surface area contributed by atoms with Crippen LogP contribution in [0.5, 0.6) is 5.75 Å². The second-order valence-electron chi connectivity index (χ2n) is 6.31. The summed E-state index contributed by atoms with van der Waals surface area (Å²) < 4.78 is 7.48. The first-order chi connectivity index (χ1) is 12.6. The Morgan fingerprint density at radius 1 is 1.12 bits per heavy atom. The molecular formula is C19H18BrN3O2S. The Bertz CT molecular complexity index is 934. The van der Waals surface area contributed by atoms with Crippen molar-refractivity contribution in [1.82, 2.24) is 9.88 Å². The van der Waals surface area contributed by atoms with Crippen LogP contribution >= 0.6 is 27.3 Å². The van der Waals surface area contributed by atoms with Gasteiger partial charge in [0.1, 0.15) is 5.75 Å². The first kappa shape index (κ1) is 17.5. The predicted molar refractivity (Wildman–Crippen MR) is 108 cm³/mol. The number of hydrogen-bond donors (Lipinski definition) is 0. The molecule has 1 fully saturated rings. The lowest BCUT2D eigenvalue weighted by atomic mass is 10.2. The summed E-state index contributed by atoms with van der Waals surface area (Å²) in [6, 6.07) is 12.7. The molecule has 1 saturated heterocycles. The summed E-state index contributed by atoms with van der Waals surface area (Å²) in [6.07, 6.45) is 0. The molecule has 7 heteroatoms. The van der Waals surface area contributed by atoms with E-state index in [9.17, 15) is 4.79 Å².